The molecule has 3 heteroatoms. The average Bonchev–Trinajstić information content (AvgIpc) is 2.51. The first-order valence-corrected chi connectivity index (χ1v) is 8.06. The van der Waals surface area contributed by atoms with Gasteiger partial charge >= 0.3 is 0 Å². The lowest BCUT2D eigenvalue weighted by Crippen LogP contribution is -2.44. The van der Waals surface area contributed by atoms with E-state index in [-0.39, 0.29) is 5.91 Å². The first-order valence-electron chi connectivity index (χ1n) is 8.06. The Morgan fingerprint density at radius 3 is 2.50 bits per heavy atom. The van der Waals surface area contributed by atoms with Crippen LogP contribution >= 0.6 is 0 Å². The first kappa shape index (κ1) is 16.8. The summed E-state index contributed by atoms with van der Waals surface area (Å²) in [5.41, 5.74) is 2.08. The van der Waals surface area contributed by atoms with Gasteiger partial charge in [0.1, 0.15) is 0 Å². The summed E-state index contributed by atoms with van der Waals surface area (Å²) in [7, 11) is 1.92. The molecule has 0 aliphatic carbocycles. The fraction of sp³-hybridized carbons (Fsp3) is 0.706. The van der Waals surface area contributed by atoms with Crippen molar-refractivity contribution < 1.29 is 4.79 Å². The molecule has 0 aromatic carbocycles. The van der Waals surface area contributed by atoms with Gasteiger partial charge in [-0.05, 0) is 44.6 Å². The van der Waals surface area contributed by atoms with Crippen molar-refractivity contribution in [1.29, 1.82) is 0 Å². The van der Waals surface area contributed by atoms with Gasteiger partial charge in [-0.1, -0.05) is 26.8 Å². The summed E-state index contributed by atoms with van der Waals surface area (Å²) >= 11 is 0. The monoisotopic (exact) mass is 278 g/mol. The number of carbonyl (C=O) groups is 1. The lowest BCUT2D eigenvalue weighted by Gasteiger charge is -2.35. The predicted molar refractivity (Wildman–Crippen MR) is 85.5 cm³/mol. The number of piperidine rings is 1. The third-order valence-electron chi connectivity index (χ3n) is 4.20. The largest absolute Gasteiger partial charge is 0.391 e. The molecule has 1 rings (SSSR count). The molecule has 0 aromatic rings. The lowest BCUT2D eigenvalue weighted by molar-refractivity contribution is -0.130. The van der Waals surface area contributed by atoms with E-state index in [9.17, 15) is 4.79 Å². The highest BCUT2D eigenvalue weighted by molar-refractivity contribution is 5.94. The molecule has 1 aliphatic heterocycles. The second-order valence-corrected chi connectivity index (χ2v) is 5.40. The van der Waals surface area contributed by atoms with Crippen LogP contribution in [0.2, 0.25) is 0 Å². The fourth-order valence-corrected chi connectivity index (χ4v) is 2.80. The summed E-state index contributed by atoms with van der Waals surface area (Å²) in [5.74, 6) is 0.238. The van der Waals surface area contributed by atoms with Gasteiger partial charge in [-0.25, -0.2) is 0 Å². The van der Waals surface area contributed by atoms with Gasteiger partial charge in [0, 0.05) is 30.9 Å². The van der Waals surface area contributed by atoms with E-state index in [2.05, 4.69) is 31.0 Å². The van der Waals surface area contributed by atoms with E-state index >= 15 is 0 Å². The van der Waals surface area contributed by atoms with Gasteiger partial charge in [0.25, 0.3) is 0 Å². The summed E-state index contributed by atoms with van der Waals surface area (Å²) in [6.07, 6.45) is 10.4. The third-order valence-corrected chi connectivity index (χ3v) is 4.20. The van der Waals surface area contributed by atoms with E-state index in [0.29, 0.717) is 6.04 Å². The Balaban J connectivity index is 2.85. The normalized spacial score (nSPS) is 21.0. The number of carbonyl (C=O) groups excluding carboxylic acids is 1. The molecular weight excluding hydrogens is 248 g/mol. The summed E-state index contributed by atoms with van der Waals surface area (Å²) in [5, 5.41) is 3.16. The maximum atomic E-state index is 12.7. The molecule has 0 radical (unpaired) electrons. The Labute approximate surface area is 124 Å². The number of hydrogen-bond acceptors (Lipinski definition) is 2. The molecule has 20 heavy (non-hydrogen) atoms. The maximum absolute atomic E-state index is 12.7. The molecule has 0 spiro atoms. The zero-order valence-electron chi connectivity index (χ0n) is 13.5. The summed E-state index contributed by atoms with van der Waals surface area (Å²) < 4.78 is 0. The molecule has 0 aromatic heterocycles. The number of allylic oxidation sites excluding steroid dienone is 3. The van der Waals surface area contributed by atoms with E-state index in [4.69, 9.17) is 0 Å². The highest BCUT2D eigenvalue weighted by atomic mass is 16.2. The van der Waals surface area contributed by atoms with E-state index in [1.165, 1.54) is 6.42 Å². The van der Waals surface area contributed by atoms with Crippen LogP contribution in [0.3, 0.4) is 0 Å². The maximum Gasteiger partial charge on any atom is 0.250 e. The Morgan fingerprint density at radius 1 is 1.20 bits per heavy atom. The molecule has 1 aliphatic rings. The van der Waals surface area contributed by atoms with Gasteiger partial charge in [-0.15, -0.1) is 0 Å². The molecule has 1 saturated heterocycles. The van der Waals surface area contributed by atoms with Gasteiger partial charge in [0.2, 0.25) is 5.91 Å². The molecule has 1 heterocycles. The van der Waals surface area contributed by atoms with Crippen molar-refractivity contribution in [2.45, 2.75) is 65.3 Å². The van der Waals surface area contributed by atoms with Crippen molar-refractivity contribution in [3.8, 4) is 0 Å². The molecule has 0 bridgehead atoms. The van der Waals surface area contributed by atoms with E-state index in [0.717, 1.165) is 49.9 Å². The van der Waals surface area contributed by atoms with Crippen molar-refractivity contribution in [1.82, 2.24) is 10.2 Å². The van der Waals surface area contributed by atoms with Crippen molar-refractivity contribution in [2.24, 2.45) is 0 Å². The van der Waals surface area contributed by atoms with E-state index in [1.54, 1.807) is 0 Å². The summed E-state index contributed by atoms with van der Waals surface area (Å²) in [6.45, 7) is 7.28. The van der Waals surface area contributed by atoms with Crippen LogP contribution in [0.4, 0.5) is 0 Å². The molecular formula is C17H30N2O. The molecule has 1 unspecified atom stereocenters. The average molecular weight is 278 g/mol. The van der Waals surface area contributed by atoms with Crippen LogP contribution in [0.25, 0.3) is 0 Å². The zero-order chi connectivity index (χ0) is 15.0. The lowest BCUT2D eigenvalue weighted by atomic mass is 9.98. The Hall–Kier alpha value is -1.25. The molecule has 1 N–H and O–H groups in total. The van der Waals surface area contributed by atoms with Crippen LogP contribution in [0.15, 0.2) is 23.4 Å². The number of nitrogens with one attached hydrogen (secondary N) is 1. The topological polar surface area (TPSA) is 32.3 Å². The van der Waals surface area contributed by atoms with Gasteiger partial charge in [0.05, 0.1) is 0 Å². The van der Waals surface area contributed by atoms with Gasteiger partial charge in [0.15, 0.2) is 0 Å². The third kappa shape index (κ3) is 4.39. The quantitative estimate of drug-likeness (QED) is 0.594. The predicted octanol–water partition coefficient (Wildman–Crippen LogP) is 3.63. The Bertz CT molecular complexity index is 365. The molecule has 1 atom stereocenters. The number of rotatable bonds is 6. The zero-order valence-corrected chi connectivity index (χ0v) is 13.5. The second-order valence-electron chi connectivity index (χ2n) is 5.40. The summed E-state index contributed by atoms with van der Waals surface area (Å²) in [6, 6.07) is 0.435. The second kappa shape index (κ2) is 8.83. The minimum atomic E-state index is 0.238. The first-order chi connectivity index (χ1) is 9.67. The van der Waals surface area contributed by atoms with Crippen LogP contribution in [-0.4, -0.2) is 30.4 Å². The molecule has 0 saturated carbocycles. The molecule has 114 valence electrons. The smallest absolute Gasteiger partial charge is 0.250 e. The number of likely N-dealkylation sites (tertiary alicyclic amines) is 1. The van der Waals surface area contributed by atoms with E-state index < -0.39 is 0 Å². The van der Waals surface area contributed by atoms with Gasteiger partial charge < -0.3 is 10.2 Å². The van der Waals surface area contributed by atoms with Crippen LogP contribution in [0, 0.1) is 0 Å². The number of hydrogen-bond donors (Lipinski definition) is 1. The van der Waals surface area contributed by atoms with Crippen molar-refractivity contribution in [2.75, 3.05) is 13.6 Å². The van der Waals surface area contributed by atoms with Crippen LogP contribution < -0.4 is 5.32 Å². The van der Waals surface area contributed by atoms with Crippen molar-refractivity contribution >= 4 is 5.91 Å². The van der Waals surface area contributed by atoms with Crippen molar-refractivity contribution in [3.63, 3.8) is 0 Å². The highest BCUT2D eigenvalue weighted by Crippen LogP contribution is 2.22. The van der Waals surface area contributed by atoms with Gasteiger partial charge in [-0.2, -0.15) is 0 Å². The SMILES string of the molecule is CC/C(=C\C=C(/CC)C(=O)N1CCCCC1CC)NC. The summed E-state index contributed by atoms with van der Waals surface area (Å²) in [4.78, 5) is 14.8. The van der Waals surface area contributed by atoms with Crippen LogP contribution in [0.5, 0.6) is 0 Å². The van der Waals surface area contributed by atoms with Gasteiger partial charge in [-0.3, -0.25) is 4.79 Å². The number of nitrogens with zero attached hydrogens (tertiary/aromatic N) is 1. The van der Waals surface area contributed by atoms with Crippen LogP contribution in [-0.2, 0) is 4.79 Å². The minimum absolute atomic E-state index is 0.238. The minimum Gasteiger partial charge on any atom is -0.391 e. The fourth-order valence-electron chi connectivity index (χ4n) is 2.80. The molecule has 3 nitrogen and oxygen atoms in total. The Morgan fingerprint density at radius 2 is 1.95 bits per heavy atom. The standard InChI is InChI=1S/C17H30N2O/c1-5-14(11-12-15(6-2)18-4)17(20)19-13-9-8-10-16(19)7-3/h11-12,16,18H,5-10,13H2,1-4H3/b14-11+,15-12+. The number of amides is 1. The van der Waals surface area contributed by atoms with Crippen molar-refractivity contribution in [3.05, 3.63) is 23.4 Å². The molecule has 1 amide bonds. The Kier molecular flexibility index (Phi) is 7.42. The van der Waals surface area contributed by atoms with Crippen LogP contribution in [0.1, 0.15) is 59.3 Å². The van der Waals surface area contributed by atoms with E-state index in [1.807, 2.05) is 19.2 Å². The molecule has 1 fully saturated rings. The highest BCUT2D eigenvalue weighted by Gasteiger charge is 2.26.